The van der Waals surface area contributed by atoms with E-state index in [0.29, 0.717) is 11.3 Å². The van der Waals surface area contributed by atoms with Crippen LogP contribution < -0.4 is 5.32 Å². The number of halogens is 2. The molecule has 0 saturated heterocycles. The molecule has 5 heteroatoms. The average molecular weight is 303 g/mol. The lowest BCUT2D eigenvalue weighted by Gasteiger charge is -2.08. The van der Waals surface area contributed by atoms with Gasteiger partial charge in [-0.05, 0) is 46.5 Å². The summed E-state index contributed by atoms with van der Waals surface area (Å²) in [7, 11) is 0. The first kappa shape index (κ1) is 13.3. The maximum absolute atomic E-state index is 13.7. The van der Waals surface area contributed by atoms with Crippen LogP contribution in [0, 0.1) is 17.1 Å². The Hall–Kier alpha value is -0.730. The summed E-state index contributed by atoms with van der Waals surface area (Å²) in [5.74, 6) is 0.648. The van der Waals surface area contributed by atoms with Gasteiger partial charge in [0.2, 0.25) is 0 Å². The highest BCUT2D eigenvalue weighted by Crippen LogP contribution is 2.26. The smallest absolute Gasteiger partial charge is 0.161 e. The Morgan fingerprint density at radius 1 is 1.56 bits per heavy atom. The van der Waals surface area contributed by atoms with Crippen LogP contribution in [0.4, 0.5) is 10.1 Å². The van der Waals surface area contributed by atoms with Crippen molar-refractivity contribution in [3.63, 3.8) is 0 Å². The van der Waals surface area contributed by atoms with Gasteiger partial charge in [0.05, 0.1) is 15.7 Å². The first-order valence-electron chi connectivity index (χ1n) is 4.81. The summed E-state index contributed by atoms with van der Waals surface area (Å²) in [6.45, 7) is 0.732. The van der Waals surface area contributed by atoms with E-state index in [0.717, 1.165) is 18.7 Å². The van der Waals surface area contributed by atoms with Gasteiger partial charge in [-0.25, -0.2) is 4.39 Å². The molecule has 0 aliphatic carbocycles. The van der Waals surface area contributed by atoms with E-state index in [9.17, 15) is 4.39 Å². The molecular formula is C11H12BrFN2S. The topological polar surface area (TPSA) is 35.8 Å². The summed E-state index contributed by atoms with van der Waals surface area (Å²) in [4.78, 5) is 0. The number of nitriles is 1. The predicted molar refractivity (Wildman–Crippen MR) is 70.3 cm³/mol. The summed E-state index contributed by atoms with van der Waals surface area (Å²) in [5, 5.41) is 11.7. The molecule has 0 radical (unpaired) electrons. The highest BCUT2D eigenvalue weighted by molar-refractivity contribution is 9.10. The molecule has 1 aromatic rings. The van der Waals surface area contributed by atoms with E-state index < -0.39 is 5.82 Å². The molecule has 86 valence electrons. The Labute approximate surface area is 107 Å². The molecule has 0 heterocycles. The van der Waals surface area contributed by atoms with E-state index >= 15 is 0 Å². The van der Waals surface area contributed by atoms with Crippen LogP contribution in [0.1, 0.15) is 12.0 Å². The van der Waals surface area contributed by atoms with Crippen molar-refractivity contribution in [2.24, 2.45) is 0 Å². The van der Waals surface area contributed by atoms with Crippen molar-refractivity contribution in [2.45, 2.75) is 6.42 Å². The molecule has 0 aliphatic rings. The fourth-order valence-corrected chi connectivity index (χ4v) is 2.08. The standard InChI is InChI=1S/C11H12BrFN2S/c1-16-6-2-5-15-9-4-3-8(7-14)10(12)11(9)13/h3-4,15H,2,5-6H2,1H3. The van der Waals surface area contributed by atoms with Gasteiger partial charge in [-0.15, -0.1) is 0 Å². The van der Waals surface area contributed by atoms with E-state index in [-0.39, 0.29) is 4.47 Å². The fourth-order valence-electron chi connectivity index (χ4n) is 1.21. The lowest BCUT2D eigenvalue weighted by molar-refractivity contribution is 0.623. The lowest BCUT2D eigenvalue weighted by atomic mass is 10.2. The van der Waals surface area contributed by atoms with Crippen LogP contribution in [0.5, 0.6) is 0 Å². The van der Waals surface area contributed by atoms with Gasteiger partial charge >= 0.3 is 0 Å². The van der Waals surface area contributed by atoms with Crippen LogP contribution in [0.25, 0.3) is 0 Å². The maximum atomic E-state index is 13.7. The van der Waals surface area contributed by atoms with Gasteiger partial charge in [-0.3, -0.25) is 0 Å². The minimum absolute atomic E-state index is 0.227. The molecule has 16 heavy (non-hydrogen) atoms. The van der Waals surface area contributed by atoms with Crippen molar-refractivity contribution in [3.05, 3.63) is 28.0 Å². The van der Waals surface area contributed by atoms with Crippen LogP contribution >= 0.6 is 27.7 Å². The number of hydrogen-bond acceptors (Lipinski definition) is 3. The number of thioether (sulfide) groups is 1. The number of rotatable bonds is 5. The van der Waals surface area contributed by atoms with Gasteiger partial charge in [0.25, 0.3) is 0 Å². The molecule has 1 aromatic carbocycles. The monoisotopic (exact) mass is 302 g/mol. The zero-order valence-electron chi connectivity index (χ0n) is 8.89. The third kappa shape index (κ3) is 3.39. The van der Waals surface area contributed by atoms with Crippen LogP contribution in [0.2, 0.25) is 0 Å². The van der Waals surface area contributed by atoms with Crippen molar-refractivity contribution >= 4 is 33.4 Å². The number of anilines is 1. The van der Waals surface area contributed by atoms with E-state index in [1.807, 2.05) is 12.3 Å². The molecule has 1 rings (SSSR count). The van der Waals surface area contributed by atoms with Crippen LogP contribution in [-0.4, -0.2) is 18.6 Å². The van der Waals surface area contributed by atoms with E-state index in [2.05, 4.69) is 21.2 Å². The fraction of sp³-hybridized carbons (Fsp3) is 0.364. The quantitative estimate of drug-likeness (QED) is 0.844. The number of nitrogens with zero attached hydrogens (tertiary/aromatic N) is 1. The third-order valence-corrected chi connectivity index (χ3v) is 3.52. The lowest BCUT2D eigenvalue weighted by Crippen LogP contribution is -2.05. The number of nitrogens with one attached hydrogen (secondary N) is 1. The summed E-state index contributed by atoms with van der Waals surface area (Å²) in [6, 6.07) is 5.12. The highest BCUT2D eigenvalue weighted by Gasteiger charge is 2.10. The first-order chi connectivity index (χ1) is 7.70. The maximum Gasteiger partial charge on any atom is 0.161 e. The Morgan fingerprint density at radius 3 is 2.94 bits per heavy atom. The van der Waals surface area contributed by atoms with E-state index in [4.69, 9.17) is 5.26 Å². The molecule has 2 nitrogen and oxygen atoms in total. The zero-order valence-corrected chi connectivity index (χ0v) is 11.3. The van der Waals surface area contributed by atoms with Gasteiger partial charge in [0, 0.05) is 6.54 Å². The molecule has 0 saturated carbocycles. The second-order valence-corrected chi connectivity index (χ2v) is 4.95. The minimum atomic E-state index is -0.400. The molecule has 0 unspecified atom stereocenters. The molecule has 0 bridgehead atoms. The van der Waals surface area contributed by atoms with Gasteiger partial charge in [0.15, 0.2) is 5.82 Å². The van der Waals surface area contributed by atoms with Crippen molar-refractivity contribution in [2.75, 3.05) is 23.9 Å². The minimum Gasteiger partial charge on any atom is -0.383 e. The Bertz CT molecular complexity index is 404. The molecule has 0 aliphatic heterocycles. The van der Waals surface area contributed by atoms with Crippen molar-refractivity contribution in [1.82, 2.24) is 0 Å². The largest absolute Gasteiger partial charge is 0.383 e. The van der Waals surface area contributed by atoms with Gasteiger partial charge in [-0.1, -0.05) is 0 Å². The molecule has 0 fully saturated rings. The Morgan fingerprint density at radius 2 is 2.31 bits per heavy atom. The van der Waals surface area contributed by atoms with Crippen molar-refractivity contribution in [3.8, 4) is 6.07 Å². The van der Waals surface area contributed by atoms with Crippen molar-refractivity contribution < 1.29 is 4.39 Å². The van der Waals surface area contributed by atoms with Crippen LogP contribution in [0.15, 0.2) is 16.6 Å². The molecule has 0 spiro atoms. The van der Waals surface area contributed by atoms with Crippen molar-refractivity contribution in [1.29, 1.82) is 5.26 Å². The molecule has 0 atom stereocenters. The second kappa shape index (κ2) is 6.77. The summed E-state index contributed by atoms with van der Waals surface area (Å²) >= 11 is 4.84. The first-order valence-corrected chi connectivity index (χ1v) is 7.00. The van der Waals surface area contributed by atoms with Crippen LogP contribution in [0.3, 0.4) is 0 Å². The van der Waals surface area contributed by atoms with Gasteiger partial charge in [-0.2, -0.15) is 17.0 Å². The molecule has 0 amide bonds. The Kier molecular flexibility index (Phi) is 5.64. The van der Waals surface area contributed by atoms with Crippen LogP contribution in [-0.2, 0) is 0 Å². The summed E-state index contributed by atoms with van der Waals surface area (Å²) < 4.78 is 13.9. The summed E-state index contributed by atoms with van der Waals surface area (Å²) in [6.07, 6.45) is 3.02. The second-order valence-electron chi connectivity index (χ2n) is 3.17. The Balaban J connectivity index is 2.68. The van der Waals surface area contributed by atoms with Gasteiger partial charge < -0.3 is 5.32 Å². The third-order valence-electron chi connectivity index (χ3n) is 2.04. The molecule has 1 N–H and O–H groups in total. The predicted octanol–water partition coefficient (Wildman–Crippen LogP) is 3.62. The SMILES string of the molecule is CSCCCNc1ccc(C#N)c(Br)c1F. The highest BCUT2D eigenvalue weighted by atomic mass is 79.9. The summed E-state index contributed by atoms with van der Waals surface area (Å²) in [5.41, 5.74) is 0.749. The van der Waals surface area contributed by atoms with Gasteiger partial charge in [0.1, 0.15) is 6.07 Å². The molecular weight excluding hydrogens is 291 g/mol. The normalized spacial score (nSPS) is 9.88. The zero-order chi connectivity index (χ0) is 12.0. The van der Waals surface area contributed by atoms with E-state index in [1.165, 1.54) is 0 Å². The average Bonchev–Trinajstić information content (AvgIpc) is 2.30. The number of hydrogen-bond donors (Lipinski definition) is 1. The number of benzene rings is 1. The molecule has 0 aromatic heterocycles. The van der Waals surface area contributed by atoms with E-state index in [1.54, 1.807) is 23.9 Å².